The highest BCUT2D eigenvalue weighted by Crippen LogP contribution is 2.58. The smallest absolute Gasteiger partial charge is 0.321 e. The zero-order chi connectivity index (χ0) is 26.3. The van der Waals surface area contributed by atoms with Crippen LogP contribution in [0, 0.1) is 12.7 Å². The van der Waals surface area contributed by atoms with E-state index >= 15 is 0 Å². The second-order valence-corrected chi connectivity index (χ2v) is 7.57. The zero-order valence-corrected chi connectivity index (χ0v) is 18.1. The molecule has 0 fully saturated rings. The van der Waals surface area contributed by atoms with Crippen molar-refractivity contribution < 1.29 is 48.7 Å². The Kier molecular flexibility index (Phi) is 7.57. The molecule has 0 aliphatic rings. The van der Waals surface area contributed by atoms with Crippen LogP contribution in [0.25, 0.3) is 0 Å². The van der Waals surface area contributed by atoms with Crippen LogP contribution in [-0.2, 0) is 18.0 Å². The van der Waals surface area contributed by atoms with Gasteiger partial charge in [0.05, 0.1) is 5.88 Å². The van der Waals surface area contributed by atoms with Gasteiger partial charge in [-0.2, -0.15) is 35.1 Å². The highest BCUT2D eigenvalue weighted by atomic mass is 35.5. The fraction of sp³-hybridized carbons (Fsp3) is 0.381. The first-order valence-electron chi connectivity index (χ1n) is 9.42. The van der Waals surface area contributed by atoms with E-state index in [-0.39, 0.29) is 46.8 Å². The van der Waals surface area contributed by atoms with Gasteiger partial charge in [-0.25, -0.2) is 8.78 Å². The standard InChI is InChI=1S/C21H16ClF10NO/c1-3-11-7-14(18(24,20(27,28)29)19(25,26)21(30,31)32)6-10(2)16(11)33-17(34)12-4-5-13(9-22)15(23)8-12/h4-8H,3,9H2,1-2H3,(H,33,34). The highest BCUT2D eigenvalue weighted by molar-refractivity contribution is 6.17. The third-order valence-electron chi connectivity index (χ3n) is 5.07. The van der Waals surface area contributed by atoms with Crippen LogP contribution < -0.4 is 5.32 Å². The first-order chi connectivity index (χ1) is 15.4. The maximum absolute atomic E-state index is 14.8. The molecular weight excluding hydrogens is 508 g/mol. The number of benzene rings is 2. The lowest BCUT2D eigenvalue weighted by atomic mass is 9.85. The SMILES string of the molecule is CCc1cc(C(F)(C(F)(F)F)C(F)(F)C(F)(F)F)cc(C)c1NC(=O)c1ccc(CCl)c(F)c1. The van der Waals surface area contributed by atoms with Crippen molar-refractivity contribution in [2.75, 3.05) is 5.32 Å². The van der Waals surface area contributed by atoms with Crippen LogP contribution in [-0.4, -0.2) is 24.2 Å². The van der Waals surface area contributed by atoms with Gasteiger partial charge in [-0.3, -0.25) is 4.79 Å². The summed E-state index contributed by atoms with van der Waals surface area (Å²) in [6.07, 6.45) is -13.8. The summed E-state index contributed by atoms with van der Waals surface area (Å²) in [6, 6.07) is 3.55. The summed E-state index contributed by atoms with van der Waals surface area (Å²) >= 11 is 5.52. The van der Waals surface area contributed by atoms with E-state index in [2.05, 4.69) is 5.32 Å². The van der Waals surface area contributed by atoms with Crippen molar-refractivity contribution in [2.45, 2.75) is 50.1 Å². The Labute approximate surface area is 191 Å². The monoisotopic (exact) mass is 523 g/mol. The summed E-state index contributed by atoms with van der Waals surface area (Å²) in [7, 11) is 0. The fourth-order valence-corrected chi connectivity index (χ4v) is 3.43. The molecule has 0 saturated heterocycles. The molecule has 2 rings (SSSR count). The van der Waals surface area contributed by atoms with Crippen LogP contribution in [0.2, 0.25) is 0 Å². The molecule has 1 atom stereocenters. The second kappa shape index (κ2) is 9.27. The average molecular weight is 524 g/mol. The van der Waals surface area contributed by atoms with Crippen molar-refractivity contribution in [2.24, 2.45) is 0 Å². The lowest BCUT2D eigenvalue weighted by molar-refractivity contribution is -0.389. The Bertz CT molecular complexity index is 1080. The maximum atomic E-state index is 14.8. The number of carbonyl (C=O) groups excluding carboxylic acids is 1. The van der Waals surface area contributed by atoms with Gasteiger partial charge in [0, 0.05) is 22.4 Å². The molecule has 13 heteroatoms. The summed E-state index contributed by atoms with van der Waals surface area (Å²) in [5.74, 6) is -8.80. The lowest BCUT2D eigenvalue weighted by Gasteiger charge is -2.36. The summed E-state index contributed by atoms with van der Waals surface area (Å²) in [4.78, 5) is 12.5. The third kappa shape index (κ3) is 4.69. The third-order valence-corrected chi connectivity index (χ3v) is 5.36. The van der Waals surface area contributed by atoms with Gasteiger partial charge in [0.25, 0.3) is 5.91 Å². The predicted octanol–water partition coefficient (Wildman–Crippen LogP) is 7.61. The molecule has 1 N–H and O–H groups in total. The molecule has 1 amide bonds. The molecule has 0 heterocycles. The van der Waals surface area contributed by atoms with Crippen LogP contribution in [0.3, 0.4) is 0 Å². The van der Waals surface area contributed by atoms with Crippen LogP contribution >= 0.6 is 11.6 Å². The molecular formula is C21H16ClF10NO. The van der Waals surface area contributed by atoms with Gasteiger partial charge in [0.1, 0.15) is 5.82 Å². The van der Waals surface area contributed by atoms with Gasteiger partial charge in [-0.1, -0.05) is 19.1 Å². The largest absolute Gasteiger partial charge is 0.457 e. The van der Waals surface area contributed by atoms with Crippen molar-refractivity contribution in [3.8, 4) is 0 Å². The van der Waals surface area contributed by atoms with Crippen molar-refractivity contribution in [3.05, 3.63) is 64.0 Å². The van der Waals surface area contributed by atoms with Crippen LogP contribution in [0.4, 0.5) is 49.6 Å². The summed E-state index contributed by atoms with van der Waals surface area (Å²) in [6.45, 7) is 2.27. The van der Waals surface area contributed by atoms with E-state index in [1.165, 1.54) is 19.1 Å². The molecule has 2 nitrogen and oxygen atoms in total. The van der Waals surface area contributed by atoms with Crippen molar-refractivity contribution in [1.29, 1.82) is 0 Å². The summed E-state index contributed by atoms with van der Waals surface area (Å²) in [5, 5.41) is 2.25. The van der Waals surface area contributed by atoms with E-state index in [0.717, 1.165) is 13.0 Å². The van der Waals surface area contributed by atoms with Crippen LogP contribution in [0.1, 0.15) is 39.5 Å². The van der Waals surface area contributed by atoms with E-state index in [1.54, 1.807) is 0 Å². The maximum Gasteiger partial charge on any atom is 0.457 e. The number of rotatable bonds is 6. The molecule has 0 aliphatic heterocycles. The Morgan fingerprint density at radius 1 is 0.912 bits per heavy atom. The molecule has 188 valence electrons. The number of nitrogens with one attached hydrogen (secondary N) is 1. The molecule has 0 saturated carbocycles. The molecule has 0 radical (unpaired) electrons. The highest BCUT2D eigenvalue weighted by Gasteiger charge is 2.81. The molecule has 2 aromatic carbocycles. The van der Waals surface area contributed by atoms with Crippen molar-refractivity contribution in [3.63, 3.8) is 0 Å². The number of aryl methyl sites for hydroxylation is 2. The fourth-order valence-electron chi connectivity index (χ4n) is 3.22. The van der Waals surface area contributed by atoms with E-state index in [0.29, 0.717) is 0 Å². The lowest BCUT2D eigenvalue weighted by Crippen LogP contribution is -2.59. The number of amides is 1. The Hall–Kier alpha value is -2.50. The normalized spacial score (nSPS) is 14.6. The average Bonchev–Trinajstić information content (AvgIpc) is 2.72. The molecule has 2 aromatic rings. The summed E-state index contributed by atoms with van der Waals surface area (Å²) < 4.78 is 135. The van der Waals surface area contributed by atoms with Crippen molar-refractivity contribution in [1.82, 2.24) is 0 Å². The topological polar surface area (TPSA) is 29.1 Å². The number of hydrogen-bond donors (Lipinski definition) is 1. The Balaban J connectivity index is 2.61. The van der Waals surface area contributed by atoms with Crippen LogP contribution in [0.5, 0.6) is 0 Å². The number of carbonyl (C=O) groups is 1. The van der Waals surface area contributed by atoms with E-state index < -0.39 is 46.8 Å². The Morgan fingerprint density at radius 3 is 1.94 bits per heavy atom. The van der Waals surface area contributed by atoms with E-state index in [4.69, 9.17) is 11.6 Å². The quantitative estimate of drug-likeness (QED) is 0.306. The van der Waals surface area contributed by atoms with Crippen LogP contribution in [0.15, 0.2) is 30.3 Å². The van der Waals surface area contributed by atoms with E-state index in [1.807, 2.05) is 0 Å². The Morgan fingerprint density at radius 2 is 1.50 bits per heavy atom. The zero-order valence-electron chi connectivity index (χ0n) is 17.4. The molecule has 0 bridgehead atoms. The number of hydrogen-bond acceptors (Lipinski definition) is 1. The first kappa shape index (κ1) is 27.7. The van der Waals surface area contributed by atoms with Gasteiger partial charge in [-0.15, -0.1) is 11.6 Å². The minimum absolute atomic E-state index is 0.0741. The van der Waals surface area contributed by atoms with E-state index in [9.17, 15) is 48.7 Å². The van der Waals surface area contributed by atoms with Crippen molar-refractivity contribution >= 4 is 23.2 Å². The minimum Gasteiger partial charge on any atom is -0.321 e. The minimum atomic E-state index is -6.86. The number of halogens is 11. The van der Waals surface area contributed by atoms with Gasteiger partial charge < -0.3 is 5.32 Å². The molecule has 0 aromatic heterocycles. The van der Waals surface area contributed by atoms with Gasteiger partial charge in [-0.05, 0) is 42.7 Å². The molecule has 0 spiro atoms. The second-order valence-electron chi connectivity index (χ2n) is 7.30. The predicted molar refractivity (Wildman–Crippen MR) is 104 cm³/mol. The number of anilines is 1. The van der Waals surface area contributed by atoms with Gasteiger partial charge in [0.15, 0.2) is 0 Å². The number of alkyl halides is 10. The van der Waals surface area contributed by atoms with Gasteiger partial charge in [0.2, 0.25) is 0 Å². The molecule has 0 aliphatic carbocycles. The van der Waals surface area contributed by atoms with Gasteiger partial charge >= 0.3 is 23.9 Å². The molecule has 1 unspecified atom stereocenters. The first-order valence-corrected chi connectivity index (χ1v) is 9.95. The molecule has 34 heavy (non-hydrogen) atoms. The summed E-state index contributed by atoms with van der Waals surface area (Å²) in [5.41, 5.74) is -9.28.